The minimum absolute atomic E-state index is 0.00491. The van der Waals surface area contributed by atoms with Crippen LogP contribution in [0.1, 0.15) is 24.8 Å². The largest absolute Gasteiger partial charge is 0.484 e. The molecule has 0 N–H and O–H groups in total. The summed E-state index contributed by atoms with van der Waals surface area (Å²) in [6, 6.07) is 7.76. The highest BCUT2D eigenvalue weighted by Crippen LogP contribution is 2.24. The molecule has 120 valence electrons. The average molecular weight is 305 g/mol. The van der Waals surface area contributed by atoms with Gasteiger partial charge in [0, 0.05) is 6.54 Å². The summed E-state index contributed by atoms with van der Waals surface area (Å²) in [6.45, 7) is 4.05. The predicted molar refractivity (Wildman–Crippen MR) is 81.7 cm³/mol. The normalized spacial score (nSPS) is 22.8. The summed E-state index contributed by atoms with van der Waals surface area (Å²) < 4.78 is 16.8. The van der Waals surface area contributed by atoms with Crippen LogP contribution in [-0.2, 0) is 14.3 Å². The number of aryl methyl sites for hydroxylation is 1. The molecule has 3 rings (SSSR count). The van der Waals surface area contributed by atoms with Crippen molar-refractivity contribution in [2.75, 3.05) is 26.4 Å². The number of hydrogen-bond donors (Lipinski definition) is 0. The maximum absolute atomic E-state index is 12.5. The predicted octanol–water partition coefficient (Wildman–Crippen LogP) is 2.13. The van der Waals surface area contributed by atoms with Crippen molar-refractivity contribution in [2.45, 2.75) is 38.5 Å². The molecule has 0 bridgehead atoms. The number of benzene rings is 1. The van der Waals surface area contributed by atoms with Gasteiger partial charge in [0.2, 0.25) is 0 Å². The minimum atomic E-state index is -0.275. The van der Waals surface area contributed by atoms with E-state index in [1.54, 1.807) is 0 Å². The van der Waals surface area contributed by atoms with Crippen molar-refractivity contribution in [3.63, 3.8) is 0 Å². The quantitative estimate of drug-likeness (QED) is 0.855. The number of piperidine rings is 1. The SMILES string of the molecule is Cc1cccc(OCC(=O)N2CCCC[C@H]2C2OCCO2)c1. The van der Waals surface area contributed by atoms with Gasteiger partial charge in [-0.25, -0.2) is 0 Å². The van der Waals surface area contributed by atoms with E-state index in [1.807, 2.05) is 36.1 Å². The number of carbonyl (C=O) groups excluding carboxylic acids is 1. The van der Waals surface area contributed by atoms with Crippen molar-refractivity contribution in [1.29, 1.82) is 0 Å². The van der Waals surface area contributed by atoms with Crippen LogP contribution >= 0.6 is 0 Å². The molecule has 0 aromatic heterocycles. The molecule has 0 spiro atoms. The Morgan fingerprint density at radius 2 is 2.14 bits per heavy atom. The van der Waals surface area contributed by atoms with Crippen LogP contribution in [0.15, 0.2) is 24.3 Å². The number of amides is 1. The van der Waals surface area contributed by atoms with Crippen molar-refractivity contribution in [3.8, 4) is 5.75 Å². The van der Waals surface area contributed by atoms with E-state index in [0.29, 0.717) is 13.2 Å². The fraction of sp³-hybridized carbons (Fsp3) is 0.588. The zero-order valence-corrected chi connectivity index (χ0v) is 13.0. The van der Waals surface area contributed by atoms with Crippen LogP contribution in [0.25, 0.3) is 0 Å². The van der Waals surface area contributed by atoms with E-state index >= 15 is 0 Å². The van der Waals surface area contributed by atoms with Gasteiger partial charge in [-0.3, -0.25) is 4.79 Å². The summed E-state index contributed by atoms with van der Waals surface area (Å²) in [5.74, 6) is 0.737. The molecule has 5 nitrogen and oxygen atoms in total. The lowest BCUT2D eigenvalue weighted by atomic mass is 10.0. The standard InChI is InChI=1S/C17H23NO4/c1-13-5-4-6-14(11-13)22-12-16(19)18-8-3-2-7-15(18)17-20-9-10-21-17/h4-6,11,15,17H,2-3,7-10,12H2,1H3/t15-/m0/s1. The van der Waals surface area contributed by atoms with E-state index < -0.39 is 0 Å². The third-order valence-corrected chi connectivity index (χ3v) is 4.18. The molecule has 1 aromatic carbocycles. The topological polar surface area (TPSA) is 48.0 Å². The maximum atomic E-state index is 12.5. The Kier molecular flexibility index (Phi) is 4.95. The summed E-state index contributed by atoms with van der Waals surface area (Å²) in [5.41, 5.74) is 1.12. The first kappa shape index (κ1) is 15.3. The molecule has 2 aliphatic rings. The van der Waals surface area contributed by atoms with E-state index in [9.17, 15) is 4.79 Å². The molecule has 2 heterocycles. The van der Waals surface area contributed by atoms with Crippen LogP contribution < -0.4 is 4.74 Å². The van der Waals surface area contributed by atoms with Crippen molar-refractivity contribution in [3.05, 3.63) is 29.8 Å². The van der Waals surface area contributed by atoms with Gasteiger partial charge in [-0.1, -0.05) is 12.1 Å². The highest BCUT2D eigenvalue weighted by atomic mass is 16.7. The van der Waals surface area contributed by atoms with Gasteiger partial charge in [0.25, 0.3) is 5.91 Å². The highest BCUT2D eigenvalue weighted by molar-refractivity contribution is 5.78. The number of likely N-dealkylation sites (tertiary alicyclic amines) is 1. The molecule has 2 fully saturated rings. The van der Waals surface area contributed by atoms with Crippen molar-refractivity contribution >= 4 is 5.91 Å². The number of carbonyl (C=O) groups is 1. The Bertz CT molecular complexity index is 513. The first-order valence-corrected chi connectivity index (χ1v) is 7.96. The molecule has 2 aliphatic heterocycles. The molecule has 1 atom stereocenters. The molecule has 1 amide bonds. The molecular formula is C17H23NO4. The van der Waals surface area contributed by atoms with Crippen LogP contribution in [0.5, 0.6) is 5.75 Å². The smallest absolute Gasteiger partial charge is 0.260 e. The molecular weight excluding hydrogens is 282 g/mol. The molecule has 2 saturated heterocycles. The van der Waals surface area contributed by atoms with Gasteiger partial charge < -0.3 is 19.1 Å². The Morgan fingerprint density at radius 1 is 1.32 bits per heavy atom. The maximum Gasteiger partial charge on any atom is 0.260 e. The fourth-order valence-electron chi connectivity index (χ4n) is 3.08. The van der Waals surface area contributed by atoms with E-state index in [0.717, 1.165) is 37.1 Å². The number of ether oxygens (including phenoxy) is 3. The third-order valence-electron chi connectivity index (χ3n) is 4.18. The molecule has 22 heavy (non-hydrogen) atoms. The lowest BCUT2D eigenvalue weighted by Crippen LogP contribution is -2.51. The lowest BCUT2D eigenvalue weighted by molar-refractivity contribution is -0.152. The van der Waals surface area contributed by atoms with Crippen LogP contribution in [0.3, 0.4) is 0 Å². The van der Waals surface area contributed by atoms with Crippen LogP contribution in [0.2, 0.25) is 0 Å². The fourth-order valence-corrected chi connectivity index (χ4v) is 3.08. The van der Waals surface area contributed by atoms with E-state index in [4.69, 9.17) is 14.2 Å². The molecule has 0 unspecified atom stereocenters. The first-order chi connectivity index (χ1) is 10.7. The summed E-state index contributed by atoms with van der Waals surface area (Å²) in [6.07, 6.45) is 2.79. The Balaban J connectivity index is 1.59. The van der Waals surface area contributed by atoms with Crippen molar-refractivity contribution in [1.82, 2.24) is 4.90 Å². The molecule has 0 aliphatic carbocycles. The van der Waals surface area contributed by atoms with E-state index in [1.165, 1.54) is 0 Å². The summed E-state index contributed by atoms with van der Waals surface area (Å²) >= 11 is 0. The number of nitrogens with zero attached hydrogens (tertiary/aromatic N) is 1. The minimum Gasteiger partial charge on any atom is -0.484 e. The van der Waals surface area contributed by atoms with Gasteiger partial charge in [0.05, 0.1) is 19.3 Å². The number of rotatable bonds is 4. The van der Waals surface area contributed by atoms with Crippen LogP contribution in [0.4, 0.5) is 0 Å². The van der Waals surface area contributed by atoms with Gasteiger partial charge in [-0.2, -0.15) is 0 Å². The van der Waals surface area contributed by atoms with E-state index in [-0.39, 0.29) is 24.8 Å². The lowest BCUT2D eigenvalue weighted by Gasteiger charge is -2.37. The second kappa shape index (κ2) is 7.11. The zero-order chi connectivity index (χ0) is 15.4. The highest BCUT2D eigenvalue weighted by Gasteiger charge is 2.36. The molecule has 0 radical (unpaired) electrons. The summed E-state index contributed by atoms with van der Waals surface area (Å²) in [4.78, 5) is 14.4. The Morgan fingerprint density at radius 3 is 2.91 bits per heavy atom. The van der Waals surface area contributed by atoms with Gasteiger partial charge in [0.1, 0.15) is 5.75 Å². The van der Waals surface area contributed by atoms with E-state index in [2.05, 4.69) is 0 Å². The van der Waals surface area contributed by atoms with Crippen molar-refractivity contribution < 1.29 is 19.0 Å². The van der Waals surface area contributed by atoms with Crippen molar-refractivity contribution in [2.24, 2.45) is 0 Å². The second-order valence-electron chi connectivity index (χ2n) is 5.87. The van der Waals surface area contributed by atoms with Crippen LogP contribution in [0, 0.1) is 6.92 Å². The summed E-state index contributed by atoms with van der Waals surface area (Å²) in [5, 5.41) is 0. The molecule has 0 saturated carbocycles. The van der Waals surface area contributed by atoms with Gasteiger partial charge >= 0.3 is 0 Å². The van der Waals surface area contributed by atoms with Gasteiger partial charge in [-0.15, -0.1) is 0 Å². The summed E-state index contributed by atoms with van der Waals surface area (Å²) in [7, 11) is 0. The Labute approximate surface area is 131 Å². The van der Waals surface area contributed by atoms with Gasteiger partial charge in [-0.05, 0) is 43.9 Å². The average Bonchev–Trinajstić information content (AvgIpc) is 3.07. The monoisotopic (exact) mass is 305 g/mol. The zero-order valence-electron chi connectivity index (χ0n) is 13.0. The molecule has 1 aromatic rings. The Hall–Kier alpha value is -1.59. The second-order valence-corrected chi connectivity index (χ2v) is 5.87. The number of hydrogen-bond acceptors (Lipinski definition) is 4. The third kappa shape index (κ3) is 3.59. The van der Waals surface area contributed by atoms with Gasteiger partial charge in [0.15, 0.2) is 12.9 Å². The first-order valence-electron chi connectivity index (χ1n) is 7.96. The molecule has 5 heteroatoms. The van der Waals surface area contributed by atoms with Crippen LogP contribution in [-0.4, -0.2) is 49.5 Å².